The molecule has 3 nitrogen and oxygen atoms in total. The molecule has 0 aliphatic carbocycles. The average molecular weight is 156 g/mol. The SMILES string of the molecule is C#CCC(NN)C(C)OCC. The molecule has 0 rings (SSSR count). The van der Waals surface area contributed by atoms with E-state index in [0.29, 0.717) is 13.0 Å². The van der Waals surface area contributed by atoms with E-state index in [2.05, 4.69) is 11.3 Å². The Kier molecular flexibility index (Phi) is 5.86. The summed E-state index contributed by atoms with van der Waals surface area (Å²) >= 11 is 0. The molecule has 0 aromatic carbocycles. The monoisotopic (exact) mass is 156 g/mol. The Labute approximate surface area is 68.3 Å². The Morgan fingerprint density at radius 1 is 1.73 bits per heavy atom. The first-order valence-corrected chi connectivity index (χ1v) is 3.77. The van der Waals surface area contributed by atoms with Gasteiger partial charge in [-0.1, -0.05) is 0 Å². The maximum Gasteiger partial charge on any atom is 0.0722 e. The molecule has 0 saturated heterocycles. The predicted molar refractivity (Wildman–Crippen MR) is 45.6 cm³/mol. The minimum Gasteiger partial charge on any atom is -0.377 e. The van der Waals surface area contributed by atoms with Crippen molar-refractivity contribution in [2.75, 3.05) is 6.61 Å². The second-order valence-corrected chi connectivity index (χ2v) is 2.34. The molecule has 3 N–H and O–H groups in total. The van der Waals surface area contributed by atoms with E-state index in [4.69, 9.17) is 17.0 Å². The summed E-state index contributed by atoms with van der Waals surface area (Å²) in [5.41, 5.74) is 2.62. The number of terminal acetylenes is 1. The van der Waals surface area contributed by atoms with Crippen molar-refractivity contribution in [2.45, 2.75) is 32.4 Å². The Morgan fingerprint density at radius 3 is 2.73 bits per heavy atom. The van der Waals surface area contributed by atoms with Gasteiger partial charge in [0.1, 0.15) is 0 Å². The molecule has 3 heteroatoms. The predicted octanol–water partition coefficient (Wildman–Crippen LogP) is 0.267. The number of hydrazine groups is 1. The third-order valence-electron chi connectivity index (χ3n) is 1.55. The lowest BCUT2D eigenvalue weighted by atomic mass is 10.1. The zero-order valence-corrected chi connectivity index (χ0v) is 7.13. The van der Waals surface area contributed by atoms with E-state index < -0.39 is 0 Å². The summed E-state index contributed by atoms with van der Waals surface area (Å²) in [5.74, 6) is 7.80. The summed E-state index contributed by atoms with van der Waals surface area (Å²) in [4.78, 5) is 0. The molecule has 0 bridgehead atoms. The van der Waals surface area contributed by atoms with Crippen molar-refractivity contribution in [3.8, 4) is 12.3 Å². The van der Waals surface area contributed by atoms with E-state index in [1.54, 1.807) is 0 Å². The number of hydrogen-bond donors (Lipinski definition) is 2. The van der Waals surface area contributed by atoms with Crippen LogP contribution in [0.3, 0.4) is 0 Å². The van der Waals surface area contributed by atoms with Gasteiger partial charge >= 0.3 is 0 Å². The lowest BCUT2D eigenvalue weighted by molar-refractivity contribution is 0.0489. The number of ether oxygens (including phenoxy) is 1. The standard InChI is InChI=1S/C8H16N2O/c1-4-6-8(10-9)7(3)11-5-2/h1,7-8,10H,5-6,9H2,2-3H3. The van der Waals surface area contributed by atoms with Gasteiger partial charge in [-0.25, -0.2) is 0 Å². The summed E-state index contributed by atoms with van der Waals surface area (Å²) in [6, 6.07) is 0.0555. The van der Waals surface area contributed by atoms with Crippen LogP contribution in [0.5, 0.6) is 0 Å². The summed E-state index contributed by atoms with van der Waals surface area (Å²) in [6.07, 6.45) is 5.80. The van der Waals surface area contributed by atoms with Crippen molar-refractivity contribution < 1.29 is 4.74 Å². The second kappa shape index (κ2) is 6.17. The van der Waals surface area contributed by atoms with E-state index in [0.717, 1.165) is 0 Å². The molecular weight excluding hydrogens is 140 g/mol. The van der Waals surface area contributed by atoms with Crippen LogP contribution in [-0.2, 0) is 4.74 Å². The van der Waals surface area contributed by atoms with Gasteiger partial charge in [-0.05, 0) is 13.8 Å². The molecule has 0 heterocycles. The minimum absolute atomic E-state index is 0.0555. The first-order valence-electron chi connectivity index (χ1n) is 3.77. The Bertz CT molecular complexity index is 131. The number of hydrogen-bond acceptors (Lipinski definition) is 3. The minimum atomic E-state index is 0.0555. The number of nitrogens with one attached hydrogen (secondary N) is 1. The van der Waals surface area contributed by atoms with Crippen molar-refractivity contribution in [3.63, 3.8) is 0 Å². The molecule has 2 unspecified atom stereocenters. The van der Waals surface area contributed by atoms with E-state index >= 15 is 0 Å². The van der Waals surface area contributed by atoms with Gasteiger partial charge in [-0.15, -0.1) is 12.3 Å². The zero-order valence-electron chi connectivity index (χ0n) is 7.13. The number of nitrogens with two attached hydrogens (primary N) is 1. The van der Waals surface area contributed by atoms with Crippen LogP contribution in [0.1, 0.15) is 20.3 Å². The van der Waals surface area contributed by atoms with Gasteiger partial charge in [0.25, 0.3) is 0 Å². The van der Waals surface area contributed by atoms with Crippen LogP contribution in [-0.4, -0.2) is 18.8 Å². The molecule has 0 aliphatic heterocycles. The van der Waals surface area contributed by atoms with Gasteiger partial charge in [0.05, 0.1) is 12.1 Å². The lowest BCUT2D eigenvalue weighted by Crippen LogP contribution is -2.43. The molecule has 64 valence electrons. The van der Waals surface area contributed by atoms with Gasteiger partial charge in [0.2, 0.25) is 0 Å². The van der Waals surface area contributed by atoms with Crippen LogP contribution in [0, 0.1) is 12.3 Å². The molecule has 0 radical (unpaired) electrons. The van der Waals surface area contributed by atoms with Gasteiger partial charge in [0, 0.05) is 13.0 Å². The molecule has 0 saturated carbocycles. The maximum absolute atomic E-state index is 5.31. The smallest absolute Gasteiger partial charge is 0.0722 e. The van der Waals surface area contributed by atoms with Crippen LogP contribution >= 0.6 is 0 Å². The number of rotatable bonds is 5. The fraction of sp³-hybridized carbons (Fsp3) is 0.750. The zero-order chi connectivity index (χ0) is 8.69. The summed E-state index contributed by atoms with van der Waals surface area (Å²) in [6.45, 7) is 4.58. The van der Waals surface area contributed by atoms with Gasteiger partial charge < -0.3 is 4.74 Å². The van der Waals surface area contributed by atoms with Crippen LogP contribution in [0.4, 0.5) is 0 Å². The average Bonchev–Trinajstić information content (AvgIpc) is 2.00. The van der Waals surface area contributed by atoms with Crippen LogP contribution in [0.25, 0.3) is 0 Å². The maximum atomic E-state index is 5.31. The molecule has 0 aliphatic rings. The first kappa shape index (κ1) is 10.4. The van der Waals surface area contributed by atoms with Crippen molar-refractivity contribution in [3.05, 3.63) is 0 Å². The molecule has 0 fully saturated rings. The molecule has 0 aromatic heterocycles. The fourth-order valence-corrected chi connectivity index (χ4v) is 0.866. The molecule has 0 spiro atoms. The molecular formula is C8H16N2O. The third-order valence-corrected chi connectivity index (χ3v) is 1.55. The van der Waals surface area contributed by atoms with Crippen molar-refractivity contribution in [1.29, 1.82) is 0 Å². The highest BCUT2D eigenvalue weighted by Gasteiger charge is 2.13. The molecule has 0 aromatic rings. The second-order valence-electron chi connectivity index (χ2n) is 2.34. The van der Waals surface area contributed by atoms with E-state index in [1.165, 1.54) is 0 Å². The van der Waals surface area contributed by atoms with Crippen molar-refractivity contribution in [1.82, 2.24) is 5.43 Å². The van der Waals surface area contributed by atoms with E-state index in [-0.39, 0.29) is 12.1 Å². The topological polar surface area (TPSA) is 47.3 Å². The third kappa shape index (κ3) is 3.99. The van der Waals surface area contributed by atoms with Crippen molar-refractivity contribution >= 4 is 0 Å². The Hall–Kier alpha value is -0.560. The normalized spacial score (nSPS) is 15.5. The highest BCUT2D eigenvalue weighted by atomic mass is 16.5. The largest absolute Gasteiger partial charge is 0.377 e. The van der Waals surface area contributed by atoms with Gasteiger partial charge in [0.15, 0.2) is 0 Å². The van der Waals surface area contributed by atoms with Crippen LogP contribution in [0.2, 0.25) is 0 Å². The van der Waals surface area contributed by atoms with Gasteiger partial charge in [-0.3, -0.25) is 11.3 Å². The summed E-state index contributed by atoms with van der Waals surface area (Å²) in [5, 5.41) is 0. The molecule has 0 amide bonds. The summed E-state index contributed by atoms with van der Waals surface area (Å²) < 4.78 is 5.31. The van der Waals surface area contributed by atoms with Crippen LogP contribution in [0.15, 0.2) is 0 Å². The first-order chi connectivity index (χ1) is 5.26. The van der Waals surface area contributed by atoms with Crippen LogP contribution < -0.4 is 11.3 Å². The van der Waals surface area contributed by atoms with E-state index in [1.807, 2.05) is 13.8 Å². The Balaban J connectivity index is 3.73. The fourth-order valence-electron chi connectivity index (χ4n) is 0.866. The molecule has 11 heavy (non-hydrogen) atoms. The highest BCUT2D eigenvalue weighted by molar-refractivity contribution is 4.91. The molecule has 2 atom stereocenters. The van der Waals surface area contributed by atoms with E-state index in [9.17, 15) is 0 Å². The lowest BCUT2D eigenvalue weighted by Gasteiger charge is -2.20. The van der Waals surface area contributed by atoms with Gasteiger partial charge in [-0.2, -0.15) is 0 Å². The highest BCUT2D eigenvalue weighted by Crippen LogP contribution is 2.00. The quantitative estimate of drug-likeness (QED) is 0.341. The van der Waals surface area contributed by atoms with Crippen molar-refractivity contribution in [2.24, 2.45) is 5.84 Å². The Morgan fingerprint density at radius 2 is 2.36 bits per heavy atom. The summed E-state index contributed by atoms with van der Waals surface area (Å²) in [7, 11) is 0.